The van der Waals surface area contributed by atoms with Gasteiger partial charge >= 0.3 is 18.3 Å². The lowest BCUT2D eigenvalue weighted by Crippen LogP contribution is -2.42. The molecule has 3 rings (SSSR count). The molecule has 2 aromatic carbocycles. The summed E-state index contributed by atoms with van der Waals surface area (Å²) in [7, 11) is 0. The molecule has 0 aliphatic heterocycles. The number of nitrogens with one attached hydrogen (secondary N) is 2. The Morgan fingerprint density at radius 3 is 2.21 bits per heavy atom. The first-order valence-corrected chi connectivity index (χ1v) is 9.48. The van der Waals surface area contributed by atoms with Crippen LogP contribution in [0.1, 0.15) is 29.3 Å². The number of carbonyl (C=O) groups is 2. The number of halogens is 6. The van der Waals surface area contributed by atoms with Crippen molar-refractivity contribution in [3.8, 4) is 0 Å². The SMILES string of the molecule is CC(=O)N[C@@H](Cc1[nH]nc2ccccc12)C(=O)OCc1cc(C(F)(F)F)cc(C(F)(F)F)c1. The van der Waals surface area contributed by atoms with Crippen LogP contribution >= 0.6 is 0 Å². The number of hydrogen-bond donors (Lipinski definition) is 2. The third-order valence-corrected chi connectivity index (χ3v) is 4.64. The van der Waals surface area contributed by atoms with E-state index in [2.05, 4.69) is 15.5 Å². The minimum Gasteiger partial charge on any atom is -0.459 e. The molecule has 0 bridgehead atoms. The van der Waals surface area contributed by atoms with Crippen molar-refractivity contribution in [2.24, 2.45) is 0 Å². The highest BCUT2D eigenvalue weighted by molar-refractivity contribution is 5.85. The van der Waals surface area contributed by atoms with Gasteiger partial charge in [0.2, 0.25) is 5.91 Å². The maximum absolute atomic E-state index is 13.0. The Morgan fingerprint density at radius 1 is 1.03 bits per heavy atom. The summed E-state index contributed by atoms with van der Waals surface area (Å²) in [6.45, 7) is 0.291. The van der Waals surface area contributed by atoms with Crippen molar-refractivity contribution in [1.29, 1.82) is 0 Å². The van der Waals surface area contributed by atoms with Crippen molar-refractivity contribution in [1.82, 2.24) is 15.5 Å². The van der Waals surface area contributed by atoms with Crippen molar-refractivity contribution in [3.63, 3.8) is 0 Å². The normalized spacial score (nSPS) is 13.1. The first-order valence-electron chi connectivity index (χ1n) is 9.48. The summed E-state index contributed by atoms with van der Waals surface area (Å²) in [5.74, 6) is -1.62. The number of rotatable bonds is 6. The van der Waals surface area contributed by atoms with Crippen LogP contribution in [-0.2, 0) is 39.7 Å². The Kier molecular flexibility index (Phi) is 6.65. The molecule has 0 unspecified atom stereocenters. The molecule has 0 fully saturated rings. The summed E-state index contributed by atoms with van der Waals surface area (Å²) in [6.07, 6.45) is -10.1. The lowest BCUT2D eigenvalue weighted by molar-refractivity contribution is -0.149. The fraction of sp³-hybridized carbons (Fsp3) is 0.286. The molecule has 176 valence electrons. The maximum Gasteiger partial charge on any atom is 0.416 e. The molecule has 0 saturated heterocycles. The van der Waals surface area contributed by atoms with E-state index in [0.29, 0.717) is 28.7 Å². The van der Waals surface area contributed by atoms with Crippen molar-refractivity contribution < 1.29 is 40.7 Å². The van der Waals surface area contributed by atoms with Crippen LogP contribution in [0.4, 0.5) is 26.3 Å². The van der Waals surface area contributed by atoms with Crippen LogP contribution in [-0.4, -0.2) is 28.1 Å². The molecule has 0 spiro atoms. The Hall–Kier alpha value is -3.57. The number of carbonyl (C=O) groups excluding carboxylic acids is 2. The van der Waals surface area contributed by atoms with Crippen molar-refractivity contribution >= 4 is 22.8 Å². The van der Waals surface area contributed by atoms with Gasteiger partial charge in [0.05, 0.1) is 16.6 Å². The first-order chi connectivity index (χ1) is 15.3. The van der Waals surface area contributed by atoms with Gasteiger partial charge in [0.15, 0.2) is 0 Å². The van der Waals surface area contributed by atoms with Gasteiger partial charge in [-0.25, -0.2) is 4.79 Å². The summed E-state index contributed by atoms with van der Waals surface area (Å²) < 4.78 is 83.0. The zero-order valence-electron chi connectivity index (χ0n) is 17.0. The number of H-pyrrole nitrogens is 1. The molecule has 1 heterocycles. The van der Waals surface area contributed by atoms with E-state index >= 15 is 0 Å². The molecule has 0 radical (unpaired) electrons. The van der Waals surface area contributed by atoms with E-state index in [-0.39, 0.29) is 12.5 Å². The summed E-state index contributed by atoms with van der Waals surface area (Å²) in [6, 6.07) is 6.60. The van der Waals surface area contributed by atoms with Gasteiger partial charge in [-0.1, -0.05) is 18.2 Å². The van der Waals surface area contributed by atoms with Gasteiger partial charge in [0, 0.05) is 24.4 Å². The average Bonchev–Trinajstić information content (AvgIpc) is 3.12. The Bertz CT molecular complexity index is 1140. The zero-order chi connectivity index (χ0) is 24.4. The smallest absolute Gasteiger partial charge is 0.416 e. The summed E-state index contributed by atoms with van der Waals surface area (Å²) >= 11 is 0. The quantitative estimate of drug-likeness (QED) is 0.411. The van der Waals surface area contributed by atoms with E-state index in [9.17, 15) is 35.9 Å². The molecule has 6 nitrogen and oxygen atoms in total. The van der Waals surface area contributed by atoms with Gasteiger partial charge in [0.25, 0.3) is 0 Å². The average molecular weight is 473 g/mol. The third kappa shape index (κ3) is 6.02. The number of aromatic nitrogens is 2. The molecule has 0 saturated carbocycles. The number of aromatic amines is 1. The Balaban J connectivity index is 1.81. The Labute approximate surface area is 182 Å². The molecule has 12 heteroatoms. The van der Waals surface area contributed by atoms with E-state index < -0.39 is 53.6 Å². The van der Waals surface area contributed by atoms with Crippen molar-refractivity contribution in [3.05, 3.63) is 64.8 Å². The minimum atomic E-state index is -5.03. The number of para-hydroxylation sites is 1. The van der Waals surface area contributed by atoms with Crippen LogP contribution in [0.15, 0.2) is 42.5 Å². The molecule has 33 heavy (non-hydrogen) atoms. The predicted octanol–water partition coefficient (Wildman–Crippen LogP) is 4.39. The standard InChI is InChI=1S/C21H17F6N3O3/c1-11(31)28-18(9-17-15-4-2-3-5-16(15)29-30-17)19(32)33-10-12-6-13(20(22,23)24)8-14(7-12)21(25,26)27/h2-8,18H,9-10H2,1H3,(H,28,31)(H,29,30)/t18-/m0/s1. The van der Waals surface area contributed by atoms with Crippen LogP contribution in [0, 0.1) is 0 Å². The Morgan fingerprint density at radius 2 is 1.64 bits per heavy atom. The molecule has 0 aliphatic carbocycles. The third-order valence-electron chi connectivity index (χ3n) is 4.64. The second-order valence-electron chi connectivity index (χ2n) is 7.20. The molecule has 0 aliphatic rings. The van der Waals surface area contributed by atoms with Gasteiger partial charge in [0.1, 0.15) is 12.6 Å². The van der Waals surface area contributed by atoms with E-state index in [1.165, 1.54) is 0 Å². The molecular weight excluding hydrogens is 456 g/mol. The van der Waals surface area contributed by atoms with Crippen molar-refractivity contribution in [2.75, 3.05) is 0 Å². The largest absolute Gasteiger partial charge is 0.459 e. The number of amides is 1. The van der Waals surface area contributed by atoms with Gasteiger partial charge in [-0.3, -0.25) is 9.89 Å². The highest BCUT2D eigenvalue weighted by Gasteiger charge is 2.37. The van der Waals surface area contributed by atoms with Gasteiger partial charge < -0.3 is 10.1 Å². The van der Waals surface area contributed by atoms with Gasteiger partial charge in [-0.15, -0.1) is 0 Å². The monoisotopic (exact) mass is 473 g/mol. The number of ether oxygens (including phenoxy) is 1. The fourth-order valence-corrected chi connectivity index (χ4v) is 3.17. The number of alkyl halides is 6. The number of hydrogen-bond acceptors (Lipinski definition) is 4. The van der Waals surface area contributed by atoms with E-state index in [1.807, 2.05) is 0 Å². The number of nitrogens with zero attached hydrogens (tertiary/aromatic N) is 1. The van der Waals surface area contributed by atoms with E-state index in [0.717, 1.165) is 6.92 Å². The van der Waals surface area contributed by atoms with Crippen LogP contribution in [0.3, 0.4) is 0 Å². The fourth-order valence-electron chi connectivity index (χ4n) is 3.17. The van der Waals surface area contributed by atoms with Gasteiger partial charge in [-0.2, -0.15) is 31.4 Å². The molecule has 2 N–H and O–H groups in total. The minimum absolute atomic E-state index is 0.0191. The summed E-state index contributed by atoms with van der Waals surface area (Å²) in [5, 5.41) is 9.84. The number of benzene rings is 2. The van der Waals surface area contributed by atoms with Crippen LogP contribution in [0.25, 0.3) is 10.9 Å². The molecule has 1 aromatic heterocycles. The van der Waals surface area contributed by atoms with Gasteiger partial charge in [-0.05, 0) is 29.8 Å². The molecular formula is C21H17F6N3O3. The lowest BCUT2D eigenvalue weighted by atomic mass is 10.0. The second kappa shape index (κ2) is 9.12. The molecule has 1 atom stereocenters. The highest BCUT2D eigenvalue weighted by Crippen LogP contribution is 2.36. The topological polar surface area (TPSA) is 84.1 Å². The maximum atomic E-state index is 13.0. The highest BCUT2D eigenvalue weighted by atomic mass is 19.4. The van der Waals surface area contributed by atoms with Crippen LogP contribution in [0.2, 0.25) is 0 Å². The summed E-state index contributed by atoms with van der Waals surface area (Å²) in [5.41, 5.74) is -2.46. The number of esters is 1. The molecule has 3 aromatic rings. The second-order valence-corrected chi connectivity index (χ2v) is 7.20. The molecule has 1 amide bonds. The van der Waals surface area contributed by atoms with E-state index in [4.69, 9.17) is 4.74 Å². The predicted molar refractivity (Wildman–Crippen MR) is 104 cm³/mol. The van der Waals surface area contributed by atoms with Crippen LogP contribution < -0.4 is 5.32 Å². The summed E-state index contributed by atoms with van der Waals surface area (Å²) in [4.78, 5) is 24.1. The van der Waals surface area contributed by atoms with E-state index in [1.54, 1.807) is 24.3 Å². The zero-order valence-corrected chi connectivity index (χ0v) is 17.0. The van der Waals surface area contributed by atoms with Crippen LogP contribution in [0.5, 0.6) is 0 Å². The first kappa shape index (κ1) is 24.1. The number of fused-ring (bicyclic) bond motifs is 1. The van der Waals surface area contributed by atoms with Crippen molar-refractivity contribution in [2.45, 2.75) is 38.3 Å². The lowest BCUT2D eigenvalue weighted by Gasteiger charge is -2.18.